The Morgan fingerprint density at radius 1 is 1.50 bits per heavy atom. The van der Waals surface area contributed by atoms with Gasteiger partial charge in [0.05, 0.1) is 6.61 Å². The lowest BCUT2D eigenvalue weighted by atomic mass is 10.0. The Morgan fingerprint density at radius 2 is 2.33 bits per heavy atom. The maximum atomic E-state index is 11.8. The van der Waals surface area contributed by atoms with Crippen molar-refractivity contribution in [1.29, 1.82) is 0 Å². The molecule has 0 saturated carbocycles. The molecule has 98 valence electrons. The number of ether oxygens (including phenoxy) is 1. The first-order valence-corrected chi connectivity index (χ1v) is 6.36. The zero-order chi connectivity index (χ0) is 13.0. The molecule has 1 saturated heterocycles. The molecule has 1 heterocycles. The third kappa shape index (κ3) is 3.01. The van der Waals surface area contributed by atoms with E-state index in [9.17, 15) is 4.79 Å². The number of nitrogens with zero attached hydrogens (tertiary/aromatic N) is 1. The van der Waals surface area contributed by atoms with Crippen LogP contribution >= 0.6 is 0 Å². The highest BCUT2D eigenvalue weighted by molar-refractivity contribution is 5.88. The summed E-state index contributed by atoms with van der Waals surface area (Å²) < 4.78 is 5.25. The van der Waals surface area contributed by atoms with Gasteiger partial charge < -0.3 is 10.1 Å². The fourth-order valence-corrected chi connectivity index (χ4v) is 2.18. The molecule has 1 aliphatic rings. The van der Waals surface area contributed by atoms with Gasteiger partial charge in [0, 0.05) is 18.2 Å². The van der Waals surface area contributed by atoms with Gasteiger partial charge in [0.25, 0.3) is 0 Å². The minimum atomic E-state index is -0.235. The predicted molar refractivity (Wildman–Crippen MR) is 71.9 cm³/mol. The summed E-state index contributed by atoms with van der Waals surface area (Å²) in [6.07, 6.45) is 0.785. The lowest BCUT2D eigenvalue weighted by Gasteiger charge is -2.32. The topological polar surface area (TPSA) is 41.6 Å². The van der Waals surface area contributed by atoms with E-state index in [1.165, 1.54) is 0 Å². The van der Waals surface area contributed by atoms with E-state index in [0.717, 1.165) is 30.8 Å². The Bertz CT molecular complexity index is 420. The van der Waals surface area contributed by atoms with Crippen molar-refractivity contribution in [2.45, 2.75) is 13.3 Å². The Balaban J connectivity index is 2.08. The Morgan fingerprint density at radius 3 is 3.06 bits per heavy atom. The van der Waals surface area contributed by atoms with Gasteiger partial charge in [-0.2, -0.15) is 0 Å². The standard InChI is InChI=1S/C14H20N2O2/c1-11-4-3-5-13(8-11)16-9-12(6-7-15-2)10-18-14(16)17/h3-5,8,12,15H,6-7,9-10H2,1-2H3. The monoisotopic (exact) mass is 248 g/mol. The van der Waals surface area contributed by atoms with Crippen LogP contribution in [0.3, 0.4) is 0 Å². The molecule has 0 radical (unpaired) electrons. The van der Waals surface area contributed by atoms with Crippen molar-refractivity contribution in [3.8, 4) is 0 Å². The zero-order valence-corrected chi connectivity index (χ0v) is 11.0. The quantitative estimate of drug-likeness (QED) is 0.888. The van der Waals surface area contributed by atoms with Crippen molar-refractivity contribution in [1.82, 2.24) is 5.32 Å². The van der Waals surface area contributed by atoms with Crippen LogP contribution in [0.4, 0.5) is 10.5 Å². The summed E-state index contributed by atoms with van der Waals surface area (Å²) in [5, 5.41) is 3.13. The number of aryl methyl sites for hydroxylation is 1. The largest absolute Gasteiger partial charge is 0.449 e. The van der Waals surface area contributed by atoms with Gasteiger partial charge in [-0.25, -0.2) is 4.79 Å². The van der Waals surface area contributed by atoms with Crippen molar-refractivity contribution in [2.75, 3.05) is 31.6 Å². The normalized spacial score (nSPS) is 19.8. The smallest absolute Gasteiger partial charge is 0.414 e. The molecule has 1 atom stereocenters. The van der Waals surface area contributed by atoms with Gasteiger partial charge in [-0.15, -0.1) is 0 Å². The first kappa shape index (κ1) is 12.9. The van der Waals surface area contributed by atoms with Crippen LogP contribution in [-0.4, -0.2) is 32.8 Å². The van der Waals surface area contributed by atoms with E-state index < -0.39 is 0 Å². The average Bonchev–Trinajstić information content (AvgIpc) is 2.38. The van der Waals surface area contributed by atoms with Crippen LogP contribution in [0.25, 0.3) is 0 Å². The molecule has 0 aromatic heterocycles. The molecule has 4 nitrogen and oxygen atoms in total. The predicted octanol–water partition coefficient (Wildman–Crippen LogP) is 2.18. The van der Waals surface area contributed by atoms with Crippen LogP contribution in [0.1, 0.15) is 12.0 Å². The summed E-state index contributed by atoms with van der Waals surface area (Å²) in [6.45, 7) is 4.24. The first-order chi connectivity index (χ1) is 8.70. The van der Waals surface area contributed by atoms with Gasteiger partial charge in [-0.05, 0) is 44.6 Å². The maximum absolute atomic E-state index is 11.8. The zero-order valence-electron chi connectivity index (χ0n) is 11.0. The van der Waals surface area contributed by atoms with Crippen LogP contribution in [0.2, 0.25) is 0 Å². The molecule has 1 aliphatic heterocycles. The van der Waals surface area contributed by atoms with E-state index in [1.807, 2.05) is 38.2 Å². The van der Waals surface area contributed by atoms with E-state index in [2.05, 4.69) is 5.32 Å². The molecule has 1 amide bonds. The summed E-state index contributed by atoms with van der Waals surface area (Å²) in [5.74, 6) is 0.399. The second-order valence-electron chi connectivity index (χ2n) is 4.78. The SMILES string of the molecule is CNCCC1COC(=O)N(c2cccc(C)c2)C1. The molecule has 4 heteroatoms. The summed E-state index contributed by atoms with van der Waals surface area (Å²) in [6, 6.07) is 7.96. The summed E-state index contributed by atoms with van der Waals surface area (Å²) >= 11 is 0. The van der Waals surface area contributed by atoms with Crippen LogP contribution in [0.15, 0.2) is 24.3 Å². The molecule has 18 heavy (non-hydrogen) atoms. The second kappa shape index (κ2) is 5.87. The molecule has 1 aromatic rings. The van der Waals surface area contributed by atoms with Crippen molar-refractivity contribution < 1.29 is 9.53 Å². The highest BCUT2D eigenvalue weighted by atomic mass is 16.6. The number of nitrogens with one attached hydrogen (secondary N) is 1. The molecule has 1 aromatic carbocycles. The van der Waals surface area contributed by atoms with E-state index in [1.54, 1.807) is 4.90 Å². The lowest BCUT2D eigenvalue weighted by Crippen LogP contribution is -2.43. The number of rotatable bonds is 4. The second-order valence-corrected chi connectivity index (χ2v) is 4.78. The highest BCUT2D eigenvalue weighted by Crippen LogP contribution is 2.23. The summed E-state index contributed by atoms with van der Waals surface area (Å²) in [7, 11) is 1.94. The van der Waals surface area contributed by atoms with Crippen molar-refractivity contribution in [3.05, 3.63) is 29.8 Å². The number of amides is 1. The number of carbonyl (C=O) groups excluding carboxylic acids is 1. The Hall–Kier alpha value is -1.55. The minimum Gasteiger partial charge on any atom is -0.449 e. The molecule has 0 spiro atoms. The lowest BCUT2D eigenvalue weighted by molar-refractivity contribution is 0.112. The van der Waals surface area contributed by atoms with Crippen LogP contribution in [0.5, 0.6) is 0 Å². The number of cyclic esters (lactones) is 1. The fourth-order valence-electron chi connectivity index (χ4n) is 2.18. The van der Waals surface area contributed by atoms with E-state index >= 15 is 0 Å². The minimum absolute atomic E-state index is 0.235. The van der Waals surface area contributed by atoms with Crippen LogP contribution < -0.4 is 10.2 Å². The molecule has 0 aliphatic carbocycles. The van der Waals surface area contributed by atoms with Gasteiger partial charge >= 0.3 is 6.09 Å². The number of anilines is 1. The Labute approximate surface area is 108 Å². The molecular formula is C14H20N2O2. The van der Waals surface area contributed by atoms with Gasteiger partial charge in [0.1, 0.15) is 0 Å². The maximum Gasteiger partial charge on any atom is 0.414 e. The third-order valence-electron chi connectivity index (χ3n) is 3.22. The number of carbonyl (C=O) groups is 1. The van der Waals surface area contributed by atoms with Crippen molar-refractivity contribution >= 4 is 11.8 Å². The number of hydrogen-bond acceptors (Lipinski definition) is 3. The highest BCUT2D eigenvalue weighted by Gasteiger charge is 2.27. The molecule has 2 rings (SSSR count). The number of benzene rings is 1. The molecule has 1 N–H and O–H groups in total. The van der Waals surface area contributed by atoms with Crippen molar-refractivity contribution in [3.63, 3.8) is 0 Å². The van der Waals surface area contributed by atoms with E-state index in [0.29, 0.717) is 12.5 Å². The molecule has 0 bridgehead atoms. The summed E-state index contributed by atoms with van der Waals surface area (Å²) in [4.78, 5) is 13.5. The van der Waals surface area contributed by atoms with E-state index in [4.69, 9.17) is 4.74 Å². The Kier molecular flexibility index (Phi) is 4.20. The fraction of sp³-hybridized carbons (Fsp3) is 0.500. The van der Waals surface area contributed by atoms with Gasteiger partial charge in [0.2, 0.25) is 0 Å². The van der Waals surface area contributed by atoms with Crippen LogP contribution in [0, 0.1) is 12.8 Å². The molecule has 1 unspecified atom stereocenters. The summed E-state index contributed by atoms with van der Waals surface area (Å²) in [5.41, 5.74) is 2.08. The van der Waals surface area contributed by atoms with Gasteiger partial charge in [-0.1, -0.05) is 12.1 Å². The van der Waals surface area contributed by atoms with E-state index in [-0.39, 0.29) is 6.09 Å². The first-order valence-electron chi connectivity index (χ1n) is 6.36. The number of hydrogen-bond donors (Lipinski definition) is 1. The third-order valence-corrected chi connectivity index (χ3v) is 3.22. The molecule has 1 fully saturated rings. The average molecular weight is 248 g/mol. The van der Waals surface area contributed by atoms with Crippen LogP contribution in [-0.2, 0) is 4.74 Å². The van der Waals surface area contributed by atoms with Crippen molar-refractivity contribution in [2.24, 2.45) is 5.92 Å². The van der Waals surface area contributed by atoms with Gasteiger partial charge in [0.15, 0.2) is 0 Å². The van der Waals surface area contributed by atoms with Gasteiger partial charge in [-0.3, -0.25) is 4.90 Å². The molecular weight excluding hydrogens is 228 g/mol.